The number of rotatable bonds is 3. The second-order valence-electron chi connectivity index (χ2n) is 5.48. The summed E-state index contributed by atoms with van der Waals surface area (Å²) >= 11 is 0. The lowest BCUT2D eigenvalue weighted by Gasteiger charge is -2.42. The van der Waals surface area contributed by atoms with Crippen molar-refractivity contribution < 1.29 is 4.74 Å². The summed E-state index contributed by atoms with van der Waals surface area (Å²) in [4.78, 5) is 0. The van der Waals surface area contributed by atoms with E-state index in [1.54, 1.807) is 7.11 Å². The Morgan fingerprint density at radius 1 is 1.50 bits per heavy atom. The lowest BCUT2D eigenvalue weighted by molar-refractivity contribution is 0.0670. The maximum atomic E-state index is 5.25. The number of allylic oxidation sites excluding steroid dienone is 1. The Hall–Kier alpha value is -0.300. The van der Waals surface area contributed by atoms with Crippen LogP contribution in [0.3, 0.4) is 0 Å². The van der Waals surface area contributed by atoms with Gasteiger partial charge >= 0.3 is 0 Å². The van der Waals surface area contributed by atoms with Crippen LogP contribution < -0.4 is 0 Å². The molecule has 0 aromatic carbocycles. The molecular weight excluding hydrogens is 172 g/mol. The third-order valence-electron chi connectivity index (χ3n) is 3.71. The summed E-state index contributed by atoms with van der Waals surface area (Å²) in [5, 5.41) is 0. The van der Waals surface area contributed by atoms with Crippen LogP contribution in [0.25, 0.3) is 0 Å². The monoisotopic (exact) mass is 196 g/mol. The maximum Gasteiger partial charge on any atom is 0.0490 e. The van der Waals surface area contributed by atoms with Crippen molar-refractivity contribution in [1.29, 1.82) is 0 Å². The Balaban J connectivity index is 2.63. The molecule has 0 N–H and O–H groups in total. The quantitative estimate of drug-likeness (QED) is 0.626. The predicted molar refractivity (Wildman–Crippen MR) is 61.3 cm³/mol. The van der Waals surface area contributed by atoms with Crippen LogP contribution >= 0.6 is 0 Å². The first-order chi connectivity index (χ1) is 6.47. The van der Waals surface area contributed by atoms with E-state index in [1.807, 2.05) is 0 Å². The van der Waals surface area contributed by atoms with Crippen LogP contribution in [0.4, 0.5) is 0 Å². The molecule has 1 aliphatic rings. The minimum atomic E-state index is 0.441. The molecule has 1 aliphatic carbocycles. The molecule has 0 amide bonds. The molecular formula is C13H24O. The molecule has 2 atom stereocenters. The molecule has 1 saturated carbocycles. The van der Waals surface area contributed by atoms with E-state index in [0.717, 1.165) is 12.5 Å². The van der Waals surface area contributed by atoms with Crippen LogP contribution in [0, 0.1) is 17.3 Å². The first kappa shape index (κ1) is 11.8. The summed E-state index contributed by atoms with van der Waals surface area (Å²) in [5.41, 5.74) is 1.78. The van der Waals surface area contributed by atoms with E-state index in [1.165, 1.54) is 24.8 Å². The Kier molecular flexibility index (Phi) is 3.77. The highest BCUT2D eigenvalue weighted by atomic mass is 16.5. The Bertz CT molecular complexity index is 205. The zero-order chi connectivity index (χ0) is 10.8. The summed E-state index contributed by atoms with van der Waals surface area (Å²) in [6.07, 6.45) is 3.87. The maximum absolute atomic E-state index is 5.25. The molecule has 1 rings (SSSR count). The lowest BCUT2D eigenvalue weighted by Crippen LogP contribution is -2.33. The van der Waals surface area contributed by atoms with E-state index in [0.29, 0.717) is 11.3 Å². The van der Waals surface area contributed by atoms with Gasteiger partial charge in [0, 0.05) is 13.7 Å². The Morgan fingerprint density at radius 3 is 2.64 bits per heavy atom. The van der Waals surface area contributed by atoms with Gasteiger partial charge in [0.25, 0.3) is 0 Å². The third kappa shape index (κ3) is 2.60. The Labute approximate surface area is 88.5 Å². The fourth-order valence-electron chi connectivity index (χ4n) is 2.78. The van der Waals surface area contributed by atoms with Gasteiger partial charge in [-0.2, -0.15) is 0 Å². The van der Waals surface area contributed by atoms with Crippen molar-refractivity contribution in [3.63, 3.8) is 0 Å². The first-order valence-electron chi connectivity index (χ1n) is 5.61. The predicted octanol–water partition coefficient (Wildman–Crippen LogP) is 3.65. The van der Waals surface area contributed by atoms with Crippen molar-refractivity contribution in [2.45, 2.75) is 40.0 Å². The number of methoxy groups -OCH3 is 1. The van der Waals surface area contributed by atoms with Crippen molar-refractivity contribution in [3.05, 3.63) is 12.2 Å². The fraction of sp³-hybridized carbons (Fsp3) is 0.846. The Morgan fingerprint density at radius 2 is 2.14 bits per heavy atom. The highest BCUT2D eigenvalue weighted by molar-refractivity contribution is 5.05. The average molecular weight is 196 g/mol. The topological polar surface area (TPSA) is 9.23 Å². The minimum Gasteiger partial charge on any atom is -0.384 e. The van der Waals surface area contributed by atoms with Crippen LogP contribution in [0.5, 0.6) is 0 Å². The van der Waals surface area contributed by atoms with Gasteiger partial charge in [-0.25, -0.2) is 0 Å². The highest BCUT2D eigenvalue weighted by Gasteiger charge is 2.36. The fourth-order valence-corrected chi connectivity index (χ4v) is 2.78. The second-order valence-corrected chi connectivity index (χ2v) is 5.48. The zero-order valence-electron chi connectivity index (χ0n) is 10.1. The summed E-state index contributed by atoms with van der Waals surface area (Å²) in [7, 11) is 1.80. The van der Waals surface area contributed by atoms with E-state index >= 15 is 0 Å². The average Bonchev–Trinajstić information content (AvgIpc) is 2.08. The van der Waals surface area contributed by atoms with E-state index in [-0.39, 0.29) is 0 Å². The van der Waals surface area contributed by atoms with Gasteiger partial charge in [0.1, 0.15) is 0 Å². The van der Waals surface area contributed by atoms with E-state index in [4.69, 9.17) is 4.74 Å². The van der Waals surface area contributed by atoms with E-state index in [9.17, 15) is 0 Å². The molecule has 1 fully saturated rings. The molecule has 0 heterocycles. The molecule has 0 aliphatic heterocycles. The van der Waals surface area contributed by atoms with Crippen LogP contribution in [0.15, 0.2) is 12.2 Å². The highest BCUT2D eigenvalue weighted by Crippen LogP contribution is 2.45. The molecule has 2 unspecified atom stereocenters. The van der Waals surface area contributed by atoms with Gasteiger partial charge < -0.3 is 4.74 Å². The minimum absolute atomic E-state index is 0.441. The first-order valence-corrected chi connectivity index (χ1v) is 5.61. The van der Waals surface area contributed by atoms with Crippen LogP contribution in [-0.4, -0.2) is 13.7 Å². The van der Waals surface area contributed by atoms with Gasteiger partial charge in [-0.3, -0.25) is 0 Å². The molecule has 82 valence electrons. The molecule has 14 heavy (non-hydrogen) atoms. The molecule has 1 heteroatoms. The SMILES string of the molecule is C=C(C)C1CC(COC)CCC1(C)C. The smallest absolute Gasteiger partial charge is 0.0490 e. The molecule has 0 bridgehead atoms. The molecule has 0 saturated heterocycles. The normalized spacial score (nSPS) is 31.4. The van der Waals surface area contributed by atoms with Gasteiger partial charge in [0.05, 0.1) is 0 Å². The molecule has 0 radical (unpaired) electrons. The number of ether oxygens (including phenoxy) is 1. The largest absolute Gasteiger partial charge is 0.384 e. The summed E-state index contributed by atoms with van der Waals surface area (Å²) in [6.45, 7) is 12.0. The van der Waals surface area contributed by atoms with Crippen molar-refractivity contribution in [3.8, 4) is 0 Å². The van der Waals surface area contributed by atoms with Crippen molar-refractivity contribution in [2.24, 2.45) is 17.3 Å². The van der Waals surface area contributed by atoms with Gasteiger partial charge in [-0.1, -0.05) is 26.0 Å². The van der Waals surface area contributed by atoms with E-state index < -0.39 is 0 Å². The summed E-state index contributed by atoms with van der Waals surface area (Å²) in [6, 6.07) is 0. The van der Waals surface area contributed by atoms with Crippen molar-refractivity contribution >= 4 is 0 Å². The summed E-state index contributed by atoms with van der Waals surface area (Å²) < 4.78 is 5.25. The van der Waals surface area contributed by atoms with Crippen molar-refractivity contribution in [1.82, 2.24) is 0 Å². The van der Waals surface area contributed by atoms with Gasteiger partial charge in [-0.05, 0) is 43.4 Å². The molecule has 0 aromatic heterocycles. The van der Waals surface area contributed by atoms with Crippen LogP contribution in [0.1, 0.15) is 40.0 Å². The number of hydrogen-bond donors (Lipinski definition) is 0. The molecule has 0 aromatic rings. The van der Waals surface area contributed by atoms with Gasteiger partial charge in [0.15, 0.2) is 0 Å². The number of hydrogen-bond acceptors (Lipinski definition) is 1. The molecule has 1 nitrogen and oxygen atoms in total. The van der Waals surface area contributed by atoms with E-state index in [2.05, 4.69) is 27.4 Å². The third-order valence-corrected chi connectivity index (χ3v) is 3.71. The standard InChI is InChI=1S/C13H24O/c1-10(2)12-8-11(9-14-5)6-7-13(12,3)4/h11-12H,1,6-9H2,2-5H3. The van der Waals surface area contributed by atoms with Gasteiger partial charge in [0.2, 0.25) is 0 Å². The van der Waals surface area contributed by atoms with Crippen LogP contribution in [-0.2, 0) is 4.74 Å². The second kappa shape index (κ2) is 4.48. The molecule has 0 spiro atoms. The van der Waals surface area contributed by atoms with Gasteiger partial charge in [-0.15, -0.1) is 0 Å². The zero-order valence-corrected chi connectivity index (χ0v) is 10.1. The van der Waals surface area contributed by atoms with Crippen LogP contribution in [0.2, 0.25) is 0 Å². The van der Waals surface area contributed by atoms with Crippen molar-refractivity contribution in [2.75, 3.05) is 13.7 Å². The lowest BCUT2D eigenvalue weighted by atomic mass is 9.63. The summed E-state index contributed by atoms with van der Waals surface area (Å²) in [5.74, 6) is 1.42.